The highest BCUT2D eigenvalue weighted by Crippen LogP contribution is 2.46. The zero-order valence-electron chi connectivity index (χ0n) is 35.4. The summed E-state index contributed by atoms with van der Waals surface area (Å²) >= 11 is 0. The van der Waals surface area contributed by atoms with Gasteiger partial charge in [-0.1, -0.05) is 200 Å². The molecule has 0 unspecified atom stereocenters. The van der Waals surface area contributed by atoms with Crippen molar-refractivity contribution >= 4 is 59.6 Å². The lowest BCUT2D eigenvalue weighted by molar-refractivity contribution is 1.13. The third kappa shape index (κ3) is 6.12. The average Bonchev–Trinajstić information content (AvgIpc) is 3.79. The monoisotopic (exact) mass is 825 g/mol. The Morgan fingerprint density at radius 3 is 1.45 bits per heavy atom. The number of hydrogen-bond donors (Lipinski definition) is 0. The second-order valence-corrected chi connectivity index (χ2v) is 16.9. The Morgan fingerprint density at radius 2 is 0.769 bits per heavy atom. The Morgan fingerprint density at radius 1 is 0.277 bits per heavy atom. The first-order chi connectivity index (χ1) is 32.2. The highest BCUT2D eigenvalue weighted by atomic mass is 15.1. The van der Waals surface area contributed by atoms with Crippen molar-refractivity contribution in [1.82, 2.24) is 14.4 Å². The molecule has 0 aliphatic rings. The second kappa shape index (κ2) is 15.0. The van der Waals surface area contributed by atoms with Crippen molar-refractivity contribution in [2.24, 2.45) is 0 Å². The quantitative estimate of drug-likeness (QED) is 0.156. The molecule has 3 heteroatoms. The van der Waals surface area contributed by atoms with Gasteiger partial charge in [-0.05, 0) is 113 Å². The van der Waals surface area contributed by atoms with Crippen LogP contribution in [0.1, 0.15) is 0 Å². The summed E-state index contributed by atoms with van der Waals surface area (Å²) in [4.78, 5) is 10.9. The van der Waals surface area contributed by atoms with Crippen LogP contribution in [0.4, 0.5) is 0 Å². The van der Waals surface area contributed by atoms with Gasteiger partial charge in [0.1, 0.15) is 11.5 Å². The van der Waals surface area contributed by atoms with Crippen molar-refractivity contribution in [3.8, 4) is 67.3 Å². The van der Waals surface area contributed by atoms with Crippen LogP contribution in [0.5, 0.6) is 0 Å². The van der Waals surface area contributed by atoms with Crippen molar-refractivity contribution in [3.63, 3.8) is 0 Å². The van der Waals surface area contributed by atoms with E-state index in [2.05, 4.69) is 241 Å². The minimum absolute atomic E-state index is 0.844. The fourth-order valence-corrected chi connectivity index (χ4v) is 10.1. The van der Waals surface area contributed by atoms with Gasteiger partial charge in [0.15, 0.2) is 0 Å². The number of aromatic nitrogens is 3. The number of nitrogens with zero attached hydrogens (tertiary/aromatic N) is 3. The van der Waals surface area contributed by atoms with Gasteiger partial charge in [0.25, 0.3) is 0 Å². The molecule has 11 aromatic carbocycles. The lowest BCUT2D eigenvalue weighted by Gasteiger charge is -2.19. The summed E-state index contributed by atoms with van der Waals surface area (Å²) in [5.74, 6) is 0.844. The Bertz CT molecular complexity index is 4000. The lowest BCUT2D eigenvalue weighted by Crippen LogP contribution is -2.00. The van der Waals surface area contributed by atoms with Crippen LogP contribution < -0.4 is 0 Å². The molecular weight excluding hydrogens is 787 g/mol. The topological polar surface area (TPSA) is 30.2 Å². The minimum atomic E-state index is 0.844. The van der Waals surface area contributed by atoms with E-state index in [0.717, 1.165) is 61.6 Å². The Balaban J connectivity index is 1.07. The van der Waals surface area contributed by atoms with Crippen LogP contribution >= 0.6 is 0 Å². The zero-order chi connectivity index (χ0) is 42.8. The number of fused-ring (bicyclic) bond motifs is 7. The van der Waals surface area contributed by atoms with Crippen molar-refractivity contribution < 1.29 is 0 Å². The smallest absolute Gasteiger partial charge is 0.149 e. The van der Waals surface area contributed by atoms with Crippen LogP contribution in [0.25, 0.3) is 127 Å². The Kier molecular flexibility index (Phi) is 8.53. The molecule has 0 fully saturated rings. The van der Waals surface area contributed by atoms with E-state index < -0.39 is 0 Å². The maximum Gasteiger partial charge on any atom is 0.149 e. The first-order valence-corrected chi connectivity index (χ1v) is 22.2. The minimum Gasteiger partial charge on any atom is -0.275 e. The van der Waals surface area contributed by atoms with Gasteiger partial charge in [-0.15, -0.1) is 0 Å². The predicted octanol–water partition coefficient (Wildman–Crippen LogP) is 16.5. The van der Waals surface area contributed by atoms with E-state index in [0.29, 0.717) is 0 Å². The molecule has 0 bridgehead atoms. The van der Waals surface area contributed by atoms with Gasteiger partial charge >= 0.3 is 0 Å². The predicted molar refractivity (Wildman–Crippen MR) is 273 cm³/mol. The number of rotatable bonds is 6. The third-order valence-electron chi connectivity index (χ3n) is 13.1. The SMILES string of the molecule is c1ccc(-c2nc3c4ccccc4nc(-c4cccc(-c5ccc6c(-c7ccc8ccccc8c7)c7ccccc7c(-c7ccc8ccccc8c7)c6c5)c4)n3c2-c2ccccc2)cc1. The van der Waals surface area contributed by atoms with Gasteiger partial charge in [-0.2, -0.15) is 0 Å². The second-order valence-electron chi connectivity index (χ2n) is 16.9. The van der Waals surface area contributed by atoms with Gasteiger partial charge in [0.2, 0.25) is 0 Å². The summed E-state index contributed by atoms with van der Waals surface area (Å²) in [5, 5.41) is 10.8. The Labute approximate surface area is 376 Å². The van der Waals surface area contributed by atoms with Crippen LogP contribution in [0.2, 0.25) is 0 Å². The van der Waals surface area contributed by atoms with Gasteiger partial charge in [0.05, 0.1) is 16.9 Å². The van der Waals surface area contributed by atoms with Crippen LogP contribution in [0, 0.1) is 0 Å². The number of imidazole rings is 1. The lowest BCUT2D eigenvalue weighted by atomic mass is 9.84. The van der Waals surface area contributed by atoms with E-state index in [9.17, 15) is 0 Å². The first-order valence-electron chi connectivity index (χ1n) is 22.2. The summed E-state index contributed by atoms with van der Waals surface area (Å²) in [6, 6.07) is 85.4. The van der Waals surface area contributed by atoms with Crippen molar-refractivity contribution in [2.45, 2.75) is 0 Å². The molecule has 3 nitrogen and oxygen atoms in total. The molecule has 2 aromatic heterocycles. The van der Waals surface area contributed by atoms with E-state index in [-0.39, 0.29) is 0 Å². The molecular formula is C62H39N3. The molecule has 0 atom stereocenters. The summed E-state index contributed by atoms with van der Waals surface area (Å²) < 4.78 is 2.28. The highest BCUT2D eigenvalue weighted by Gasteiger charge is 2.23. The molecule has 0 amide bonds. The molecule has 0 saturated carbocycles. The first kappa shape index (κ1) is 36.9. The number of para-hydroxylation sites is 1. The maximum atomic E-state index is 5.45. The fraction of sp³-hybridized carbons (Fsp3) is 0. The van der Waals surface area contributed by atoms with Gasteiger partial charge in [-0.3, -0.25) is 4.40 Å². The summed E-state index contributed by atoms with van der Waals surface area (Å²) in [5.41, 5.74) is 14.0. The zero-order valence-corrected chi connectivity index (χ0v) is 35.4. The van der Waals surface area contributed by atoms with Gasteiger partial charge < -0.3 is 0 Å². The molecule has 0 N–H and O–H groups in total. The summed E-state index contributed by atoms with van der Waals surface area (Å²) in [6.07, 6.45) is 0. The summed E-state index contributed by atoms with van der Waals surface area (Å²) in [6.45, 7) is 0. The summed E-state index contributed by atoms with van der Waals surface area (Å²) in [7, 11) is 0. The molecule has 0 saturated heterocycles. The molecule has 0 aliphatic heterocycles. The standard InChI is InChI=1S/C62H39N3/c1-3-18-42(19-4-1)59-60(43-20-5-2-6-21-43)65-61(63-56-29-14-13-28-54(56)62(65)64-59)50-25-15-24-46(38-50)47-34-35-53-55(39-47)58(49-33-31-41-17-8-10-23-45(41)37-49)52-27-12-11-26-51(52)57(53)48-32-30-40-16-7-9-22-44(40)36-48/h1-39H. The molecule has 13 rings (SSSR count). The van der Waals surface area contributed by atoms with Crippen LogP contribution in [-0.4, -0.2) is 14.4 Å². The van der Waals surface area contributed by atoms with Gasteiger partial charge in [0, 0.05) is 22.1 Å². The molecule has 13 aromatic rings. The molecule has 2 heterocycles. The molecule has 0 spiro atoms. The van der Waals surface area contributed by atoms with Crippen LogP contribution in [-0.2, 0) is 0 Å². The van der Waals surface area contributed by atoms with Crippen molar-refractivity contribution in [3.05, 3.63) is 237 Å². The molecule has 0 aliphatic carbocycles. The van der Waals surface area contributed by atoms with E-state index in [4.69, 9.17) is 9.97 Å². The van der Waals surface area contributed by atoms with Crippen molar-refractivity contribution in [1.29, 1.82) is 0 Å². The molecule has 65 heavy (non-hydrogen) atoms. The normalized spacial score (nSPS) is 11.7. The third-order valence-corrected chi connectivity index (χ3v) is 13.1. The fourth-order valence-electron chi connectivity index (χ4n) is 10.1. The van der Waals surface area contributed by atoms with E-state index in [1.165, 1.54) is 65.3 Å². The molecule has 302 valence electrons. The van der Waals surface area contributed by atoms with Gasteiger partial charge in [-0.25, -0.2) is 9.97 Å². The van der Waals surface area contributed by atoms with E-state index in [1.807, 2.05) is 0 Å². The largest absolute Gasteiger partial charge is 0.275 e. The van der Waals surface area contributed by atoms with Crippen molar-refractivity contribution in [2.75, 3.05) is 0 Å². The highest BCUT2D eigenvalue weighted by molar-refractivity contribution is 6.22. The average molecular weight is 826 g/mol. The Hall–Kier alpha value is -8.66. The van der Waals surface area contributed by atoms with E-state index in [1.54, 1.807) is 0 Å². The van der Waals surface area contributed by atoms with E-state index >= 15 is 0 Å². The number of hydrogen-bond acceptors (Lipinski definition) is 2. The maximum absolute atomic E-state index is 5.45. The van der Waals surface area contributed by atoms with Crippen LogP contribution in [0.3, 0.4) is 0 Å². The van der Waals surface area contributed by atoms with Crippen LogP contribution in [0.15, 0.2) is 237 Å². The molecule has 0 radical (unpaired) electrons. The number of benzene rings is 11.